The number of amides is 4. The first-order valence-electron chi connectivity index (χ1n) is 12.3. The second-order valence-electron chi connectivity index (χ2n) is 8.99. The number of nitrogens with zero attached hydrogens (tertiary/aromatic N) is 2. The molecule has 0 aliphatic heterocycles. The molecule has 0 spiro atoms. The smallest absolute Gasteiger partial charge is 0.308 e. The van der Waals surface area contributed by atoms with E-state index in [9.17, 15) is 9.59 Å². The number of anilines is 4. The van der Waals surface area contributed by atoms with E-state index in [-0.39, 0.29) is 12.1 Å². The minimum Gasteiger partial charge on any atom is -0.308 e. The van der Waals surface area contributed by atoms with Crippen LogP contribution >= 0.6 is 54.5 Å². The van der Waals surface area contributed by atoms with Gasteiger partial charge in [-0.15, -0.1) is 0 Å². The summed E-state index contributed by atoms with van der Waals surface area (Å²) in [6, 6.07) is 26.3. The van der Waals surface area contributed by atoms with Crippen LogP contribution in [0, 0.1) is 0 Å². The molecule has 4 aromatic carbocycles. The lowest BCUT2D eigenvalue weighted by Crippen LogP contribution is -2.19. The molecule has 0 bridgehead atoms. The highest BCUT2D eigenvalue weighted by atomic mass is 79.9. The van der Waals surface area contributed by atoms with E-state index in [1.165, 1.54) is 22.7 Å². The maximum Gasteiger partial charge on any atom is 0.325 e. The fourth-order valence-corrected chi connectivity index (χ4v) is 6.90. The molecule has 0 saturated heterocycles. The number of hydrogen-bond donors (Lipinski definition) is 4. The molecular weight excluding hydrogens is 688 g/mol. The fraction of sp³-hybridized carbons (Fsp3) is 0.0345. The average molecular weight is 708 g/mol. The lowest BCUT2D eigenvalue weighted by atomic mass is 10.0. The summed E-state index contributed by atoms with van der Waals surface area (Å²) in [6.07, 6.45) is 0.710. The third kappa shape index (κ3) is 6.91. The van der Waals surface area contributed by atoms with Crippen molar-refractivity contribution in [3.8, 4) is 0 Å². The predicted octanol–water partition coefficient (Wildman–Crippen LogP) is 9.31. The topological polar surface area (TPSA) is 108 Å². The molecule has 0 saturated carbocycles. The van der Waals surface area contributed by atoms with Gasteiger partial charge in [0.15, 0.2) is 10.3 Å². The van der Waals surface area contributed by atoms with Crippen LogP contribution in [0.25, 0.3) is 20.4 Å². The van der Waals surface area contributed by atoms with Crippen molar-refractivity contribution >= 4 is 109 Å². The molecule has 2 heterocycles. The maximum atomic E-state index is 12.5. The molecule has 8 nitrogen and oxygen atoms in total. The first kappa shape index (κ1) is 27.3. The lowest BCUT2D eigenvalue weighted by Gasteiger charge is -2.08. The molecule has 4 N–H and O–H groups in total. The number of fused-ring (bicyclic) bond motifs is 2. The van der Waals surface area contributed by atoms with E-state index in [0.29, 0.717) is 28.1 Å². The van der Waals surface area contributed by atoms with Gasteiger partial charge < -0.3 is 10.6 Å². The zero-order chi connectivity index (χ0) is 28.3. The molecule has 204 valence electrons. The lowest BCUT2D eigenvalue weighted by molar-refractivity contribution is 0.261. The third-order valence-corrected chi connectivity index (χ3v) is 8.83. The van der Waals surface area contributed by atoms with Crippen molar-refractivity contribution in [2.75, 3.05) is 21.3 Å². The molecule has 4 amide bonds. The molecule has 0 aliphatic carbocycles. The standard InChI is InChI=1S/C29H20Br2N6O2S2/c30-18-5-11-22-24(14-18)40-28(34-22)36-26(38)32-20-7-1-16(2-8-20)13-17-3-9-21(10-4-17)33-27(39)37-29-35-23-12-6-19(31)15-25(23)41-29/h1-12,14-15H,13H2,(H2,32,34,36,38)(H2,33,35,37,39). The molecule has 12 heteroatoms. The van der Waals surface area contributed by atoms with E-state index in [2.05, 4.69) is 63.1 Å². The highest BCUT2D eigenvalue weighted by Crippen LogP contribution is 2.30. The monoisotopic (exact) mass is 706 g/mol. The van der Waals surface area contributed by atoms with Gasteiger partial charge in [0.1, 0.15) is 0 Å². The second-order valence-corrected chi connectivity index (χ2v) is 12.9. The number of carbonyl (C=O) groups is 2. The van der Waals surface area contributed by atoms with Crippen LogP contribution in [0.2, 0.25) is 0 Å². The zero-order valence-electron chi connectivity index (χ0n) is 21.1. The van der Waals surface area contributed by atoms with Gasteiger partial charge in [0.05, 0.1) is 20.4 Å². The SMILES string of the molecule is O=C(Nc1ccc(Cc2ccc(NC(=O)Nc3nc4ccc(Br)cc4s3)cc2)cc1)Nc1nc2ccc(Br)cc2s1. The second kappa shape index (κ2) is 12.0. The molecule has 0 atom stereocenters. The Morgan fingerprint density at radius 1 is 0.585 bits per heavy atom. The average Bonchev–Trinajstić information content (AvgIpc) is 3.52. The highest BCUT2D eigenvalue weighted by Gasteiger charge is 2.10. The summed E-state index contributed by atoms with van der Waals surface area (Å²) in [4.78, 5) is 33.8. The number of nitrogens with one attached hydrogen (secondary N) is 4. The Hall–Kier alpha value is -3.84. The molecule has 0 unspecified atom stereocenters. The largest absolute Gasteiger partial charge is 0.325 e. The Balaban J connectivity index is 0.998. The first-order chi connectivity index (χ1) is 19.9. The molecule has 6 rings (SSSR count). The number of urea groups is 2. The number of rotatable bonds is 6. The van der Waals surface area contributed by atoms with Crippen LogP contribution in [-0.2, 0) is 6.42 Å². The van der Waals surface area contributed by atoms with Crippen LogP contribution in [0.15, 0.2) is 93.9 Å². The maximum absolute atomic E-state index is 12.5. The van der Waals surface area contributed by atoms with E-state index < -0.39 is 0 Å². The van der Waals surface area contributed by atoms with Crippen LogP contribution in [0.5, 0.6) is 0 Å². The van der Waals surface area contributed by atoms with Crippen molar-refractivity contribution in [1.82, 2.24) is 9.97 Å². The summed E-state index contributed by atoms with van der Waals surface area (Å²) < 4.78 is 3.92. The van der Waals surface area contributed by atoms with E-state index in [1.807, 2.05) is 84.9 Å². The molecule has 2 aromatic heterocycles. The van der Waals surface area contributed by atoms with Crippen molar-refractivity contribution in [2.45, 2.75) is 6.42 Å². The van der Waals surface area contributed by atoms with Crippen molar-refractivity contribution in [3.63, 3.8) is 0 Å². The van der Waals surface area contributed by atoms with Crippen LogP contribution in [0.3, 0.4) is 0 Å². The van der Waals surface area contributed by atoms with Crippen molar-refractivity contribution in [3.05, 3.63) is 105 Å². The molecule has 0 radical (unpaired) electrons. The minimum atomic E-state index is -0.348. The number of halogens is 2. The number of carbonyl (C=O) groups excluding carboxylic acids is 2. The van der Waals surface area contributed by atoms with Gasteiger partial charge in [-0.2, -0.15) is 0 Å². The fourth-order valence-electron chi connectivity index (χ4n) is 4.07. The van der Waals surface area contributed by atoms with Crippen molar-refractivity contribution < 1.29 is 9.59 Å². The van der Waals surface area contributed by atoms with Crippen LogP contribution in [0.4, 0.5) is 31.2 Å². The molecule has 0 aliphatic rings. The number of benzene rings is 4. The van der Waals surface area contributed by atoms with Gasteiger partial charge in [0.25, 0.3) is 0 Å². The summed E-state index contributed by atoms with van der Waals surface area (Å²) in [5.74, 6) is 0. The van der Waals surface area contributed by atoms with Crippen LogP contribution < -0.4 is 21.3 Å². The van der Waals surface area contributed by atoms with Gasteiger partial charge in [-0.1, -0.05) is 78.8 Å². The van der Waals surface area contributed by atoms with Gasteiger partial charge in [-0.3, -0.25) is 10.6 Å². The van der Waals surface area contributed by atoms with E-state index in [0.717, 1.165) is 40.5 Å². The Labute approximate surface area is 259 Å². The number of thiazole rings is 2. The van der Waals surface area contributed by atoms with E-state index in [4.69, 9.17) is 0 Å². The summed E-state index contributed by atoms with van der Waals surface area (Å²) >= 11 is 9.73. The number of aromatic nitrogens is 2. The normalized spacial score (nSPS) is 11.0. The van der Waals surface area contributed by atoms with Crippen molar-refractivity contribution in [2.24, 2.45) is 0 Å². The summed E-state index contributed by atoms with van der Waals surface area (Å²) in [5, 5.41) is 12.4. The number of hydrogen-bond acceptors (Lipinski definition) is 6. The first-order valence-corrected chi connectivity index (χ1v) is 15.5. The van der Waals surface area contributed by atoms with Gasteiger partial charge in [0, 0.05) is 20.3 Å². The van der Waals surface area contributed by atoms with Gasteiger partial charge in [-0.05, 0) is 78.2 Å². The zero-order valence-corrected chi connectivity index (χ0v) is 25.9. The minimum absolute atomic E-state index is 0.348. The molecule has 0 fully saturated rings. The van der Waals surface area contributed by atoms with Gasteiger partial charge in [-0.25, -0.2) is 19.6 Å². The quantitative estimate of drug-likeness (QED) is 0.138. The van der Waals surface area contributed by atoms with Gasteiger partial charge in [0.2, 0.25) is 0 Å². The Kier molecular flexibility index (Phi) is 7.97. The predicted molar refractivity (Wildman–Crippen MR) is 176 cm³/mol. The van der Waals surface area contributed by atoms with Crippen molar-refractivity contribution in [1.29, 1.82) is 0 Å². The van der Waals surface area contributed by atoms with Gasteiger partial charge >= 0.3 is 12.1 Å². The Bertz CT molecular complexity index is 1750. The highest BCUT2D eigenvalue weighted by molar-refractivity contribution is 9.10. The van der Waals surface area contributed by atoms with E-state index >= 15 is 0 Å². The summed E-state index contributed by atoms with van der Waals surface area (Å²) in [5.41, 5.74) is 5.22. The van der Waals surface area contributed by atoms with Crippen LogP contribution in [0.1, 0.15) is 11.1 Å². The molecule has 6 aromatic rings. The van der Waals surface area contributed by atoms with Crippen LogP contribution in [-0.4, -0.2) is 22.0 Å². The Morgan fingerprint density at radius 3 is 1.41 bits per heavy atom. The van der Waals surface area contributed by atoms with E-state index in [1.54, 1.807) is 0 Å². The third-order valence-electron chi connectivity index (χ3n) is 5.97. The summed E-state index contributed by atoms with van der Waals surface area (Å²) in [6.45, 7) is 0. The Morgan fingerprint density at radius 2 is 1.00 bits per heavy atom. The summed E-state index contributed by atoms with van der Waals surface area (Å²) in [7, 11) is 0. The molecule has 41 heavy (non-hydrogen) atoms. The molecular formula is C29H20Br2N6O2S2.